The van der Waals surface area contributed by atoms with E-state index in [1.165, 1.54) is 0 Å². The third-order valence-electron chi connectivity index (χ3n) is 3.63. The van der Waals surface area contributed by atoms with Crippen LogP contribution in [0.5, 0.6) is 0 Å². The first-order valence-electron chi connectivity index (χ1n) is 6.95. The largest absolute Gasteiger partial charge is 0.361 e. The molecule has 0 radical (unpaired) electrons. The van der Waals surface area contributed by atoms with Crippen molar-refractivity contribution in [2.75, 3.05) is 24.5 Å². The van der Waals surface area contributed by atoms with Crippen LogP contribution < -0.4 is 4.90 Å². The van der Waals surface area contributed by atoms with Crippen LogP contribution in [0.15, 0.2) is 16.0 Å². The fraction of sp³-hybridized carbons (Fsp3) is 0.571. The summed E-state index contributed by atoms with van der Waals surface area (Å²) in [5.74, 6) is 0.880. The van der Waals surface area contributed by atoms with Gasteiger partial charge in [-0.15, -0.1) is 11.3 Å². The van der Waals surface area contributed by atoms with Crippen molar-refractivity contribution in [3.05, 3.63) is 28.6 Å². The second-order valence-corrected chi connectivity index (χ2v) is 6.31. The Balaban J connectivity index is 1.62. The minimum atomic E-state index is 0.474. The molecule has 0 saturated carbocycles. The van der Waals surface area contributed by atoms with Gasteiger partial charge in [-0.25, -0.2) is 4.98 Å². The van der Waals surface area contributed by atoms with E-state index in [0.717, 1.165) is 48.5 Å². The van der Waals surface area contributed by atoms with Crippen LogP contribution in [0.1, 0.15) is 24.1 Å². The lowest BCUT2D eigenvalue weighted by molar-refractivity contribution is 0.215. The van der Waals surface area contributed by atoms with Crippen molar-refractivity contribution in [2.45, 2.75) is 33.4 Å². The molecule has 2 aromatic heterocycles. The van der Waals surface area contributed by atoms with E-state index in [-0.39, 0.29) is 0 Å². The normalized spacial score (nSPS) is 20.6. The number of piperazine rings is 1. The number of nitrogens with zero attached hydrogens (tertiary/aromatic N) is 4. The average Bonchev–Trinajstić information content (AvgIpc) is 2.99. The van der Waals surface area contributed by atoms with Crippen molar-refractivity contribution in [1.82, 2.24) is 15.0 Å². The summed E-state index contributed by atoms with van der Waals surface area (Å²) in [7, 11) is 0. The highest BCUT2D eigenvalue weighted by Crippen LogP contribution is 2.25. The molecule has 3 rings (SSSR count). The highest BCUT2D eigenvalue weighted by atomic mass is 32.1. The molecule has 5 nitrogen and oxygen atoms in total. The van der Waals surface area contributed by atoms with E-state index < -0.39 is 0 Å². The maximum atomic E-state index is 5.13. The molecule has 6 heteroatoms. The Hall–Kier alpha value is -1.40. The highest BCUT2D eigenvalue weighted by Gasteiger charge is 2.26. The molecule has 0 amide bonds. The van der Waals surface area contributed by atoms with Crippen molar-refractivity contribution in [3.8, 4) is 0 Å². The molecule has 108 valence electrons. The molecule has 1 unspecified atom stereocenters. The molecule has 0 spiro atoms. The van der Waals surface area contributed by atoms with Crippen LogP contribution in [0.3, 0.4) is 0 Å². The SMILES string of the molecule is Cc1csc(N2CCN(Cc3cc(C)on3)CC2C)n1. The lowest BCUT2D eigenvalue weighted by atomic mass is 10.2. The van der Waals surface area contributed by atoms with E-state index in [1.54, 1.807) is 11.3 Å². The van der Waals surface area contributed by atoms with Crippen LogP contribution in [0.4, 0.5) is 5.13 Å². The van der Waals surface area contributed by atoms with Gasteiger partial charge in [0.1, 0.15) is 5.76 Å². The first-order valence-corrected chi connectivity index (χ1v) is 7.83. The molecule has 2 aromatic rings. The van der Waals surface area contributed by atoms with Crippen molar-refractivity contribution in [3.63, 3.8) is 0 Å². The van der Waals surface area contributed by atoms with Crippen LogP contribution >= 0.6 is 11.3 Å². The molecule has 1 aliphatic rings. The average molecular weight is 292 g/mol. The predicted octanol–water partition coefficient (Wildman–Crippen LogP) is 2.46. The summed E-state index contributed by atoms with van der Waals surface area (Å²) in [6, 6.07) is 2.49. The fourth-order valence-corrected chi connectivity index (χ4v) is 3.59. The Bertz CT molecular complexity index is 579. The van der Waals surface area contributed by atoms with E-state index in [0.29, 0.717) is 6.04 Å². The van der Waals surface area contributed by atoms with Crippen molar-refractivity contribution < 1.29 is 4.52 Å². The summed E-state index contributed by atoms with van der Waals surface area (Å²) in [5.41, 5.74) is 2.13. The molecule has 20 heavy (non-hydrogen) atoms. The van der Waals surface area contributed by atoms with E-state index in [4.69, 9.17) is 4.52 Å². The van der Waals surface area contributed by atoms with Gasteiger partial charge in [0, 0.05) is 43.7 Å². The fourth-order valence-electron chi connectivity index (χ4n) is 2.66. The second kappa shape index (κ2) is 5.54. The van der Waals surface area contributed by atoms with Crippen LogP contribution in [-0.2, 0) is 6.54 Å². The number of aryl methyl sites for hydroxylation is 2. The summed E-state index contributed by atoms with van der Waals surface area (Å²) in [5, 5.41) is 7.34. The number of rotatable bonds is 3. The molecule has 1 saturated heterocycles. The molecule has 0 aliphatic carbocycles. The van der Waals surface area contributed by atoms with Crippen molar-refractivity contribution >= 4 is 16.5 Å². The Morgan fingerprint density at radius 1 is 1.40 bits per heavy atom. The van der Waals surface area contributed by atoms with E-state index in [9.17, 15) is 0 Å². The van der Waals surface area contributed by atoms with Crippen LogP contribution in [0, 0.1) is 13.8 Å². The van der Waals surface area contributed by atoms with Crippen LogP contribution in [-0.4, -0.2) is 40.7 Å². The molecule has 0 aromatic carbocycles. The lowest BCUT2D eigenvalue weighted by Crippen LogP contribution is -2.51. The molecule has 0 bridgehead atoms. The maximum absolute atomic E-state index is 5.13. The van der Waals surface area contributed by atoms with Gasteiger partial charge < -0.3 is 9.42 Å². The van der Waals surface area contributed by atoms with E-state index in [1.807, 2.05) is 19.9 Å². The third kappa shape index (κ3) is 2.86. The molecule has 0 N–H and O–H groups in total. The quantitative estimate of drug-likeness (QED) is 0.869. The van der Waals surface area contributed by atoms with Gasteiger partial charge in [0.15, 0.2) is 5.13 Å². The summed E-state index contributed by atoms with van der Waals surface area (Å²) >= 11 is 1.74. The zero-order chi connectivity index (χ0) is 14.1. The number of anilines is 1. The zero-order valence-electron chi connectivity index (χ0n) is 12.2. The minimum Gasteiger partial charge on any atom is -0.361 e. The molecule has 3 heterocycles. The number of hydrogen-bond donors (Lipinski definition) is 0. The maximum Gasteiger partial charge on any atom is 0.185 e. The number of hydrogen-bond acceptors (Lipinski definition) is 6. The minimum absolute atomic E-state index is 0.474. The standard InChI is InChI=1S/C14H20N4OS/c1-10-9-20-14(15-10)18-5-4-17(7-11(18)2)8-13-6-12(3)19-16-13/h6,9,11H,4-5,7-8H2,1-3H3. The van der Waals surface area contributed by atoms with E-state index in [2.05, 4.69) is 32.2 Å². The van der Waals surface area contributed by atoms with Gasteiger partial charge in [-0.1, -0.05) is 5.16 Å². The Morgan fingerprint density at radius 2 is 2.25 bits per heavy atom. The summed E-state index contributed by atoms with van der Waals surface area (Å²) in [6.07, 6.45) is 0. The third-order valence-corrected chi connectivity index (χ3v) is 4.62. The smallest absolute Gasteiger partial charge is 0.185 e. The number of thiazole rings is 1. The van der Waals surface area contributed by atoms with Gasteiger partial charge in [-0.05, 0) is 20.8 Å². The van der Waals surface area contributed by atoms with Gasteiger partial charge >= 0.3 is 0 Å². The van der Waals surface area contributed by atoms with Gasteiger partial charge in [-0.2, -0.15) is 0 Å². The Labute approximate surface area is 123 Å². The second-order valence-electron chi connectivity index (χ2n) is 5.48. The summed E-state index contributed by atoms with van der Waals surface area (Å²) in [6.45, 7) is 10.2. The highest BCUT2D eigenvalue weighted by molar-refractivity contribution is 7.13. The zero-order valence-corrected chi connectivity index (χ0v) is 13.0. The van der Waals surface area contributed by atoms with Crippen LogP contribution in [0.2, 0.25) is 0 Å². The lowest BCUT2D eigenvalue weighted by Gasteiger charge is -2.39. The van der Waals surface area contributed by atoms with Crippen molar-refractivity contribution in [1.29, 1.82) is 0 Å². The number of aromatic nitrogens is 2. The molecular formula is C14H20N4OS. The van der Waals surface area contributed by atoms with Crippen LogP contribution in [0.25, 0.3) is 0 Å². The van der Waals surface area contributed by atoms with Gasteiger partial charge in [0.2, 0.25) is 0 Å². The molecule has 1 atom stereocenters. The predicted molar refractivity (Wildman–Crippen MR) is 80.2 cm³/mol. The Morgan fingerprint density at radius 3 is 2.85 bits per heavy atom. The van der Waals surface area contributed by atoms with Gasteiger partial charge in [-0.3, -0.25) is 4.90 Å². The molecule has 1 fully saturated rings. The Kier molecular flexibility index (Phi) is 3.76. The van der Waals surface area contributed by atoms with Gasteiger partial charge in [0.25, 0.3) is 0 Å². The molecular weight excluding hydrogens is 272 g/mol. The first kappa shape index (κ1) is 13.6. The van der Waals surface area contributed by atoms with Crippen molar-refractivity contribution in [2.24, 2.45) is 0 Å². The first-order chi connectivity index (χ1) is 9.61. The monoisotopic (exact) mass is 292 g/mol. The summed E-state index contributed by atoms with van der Waals surface area (Å²) < 4.78 is 5.13. The van der Waals surface area contributed by atoms with Gasteiger partial charge in [0.05, 0.1) is 11.4 Å². The van der Waals surface area contributed by atoms with E-state index >= 15 is 0 Å². The summed E-state index contributed by atoms with van der Waals surface area (Å²) in [4.78, 5) is 9.43. The topological polar surface area (TPSA) is 45.4 Å². The molecule has 1 aliphatic heterocycles.